The molecule has 1 fully saturated rings. The highest BCUT2D eigenvalue weighted by Gasteiger charge is 2.26. The first-order chi connectivity index (χ1) is 12.2. The van der Waals surface area contributed by atoms with E-state index >= 15 is 0 Å². The zero-order chi connectivity index (χ0) is 17.6. The summed E-state index contributed by atoms with van der Waals surface area (Å²) < 4.78 is 22.0. The van der Waals surface area contributed by atoms with Crippen LogP contribution in [0.3, 0.4) is 0 Å². The van der Waals surface area contributed by atoms with Crippen LogP contribution in [0.4, 0.5) is 0 Å². The van der Waals surface area contributed by atoms with Crippen molar-refractivity contribution in [1.82, 2.24) is 10.2 Å². The summed E-state index contributed by atoms with van der Waals surface area (Å²) >= 11 is 0. The first kappa shape index (κ1) is 17.8. The molecule has 0 aromatic heterocycles. The van der Waals surface area contributed by atoms with Crippen molar-refractivity contribution in [1.29, 1.82) is 0 Å². The van der Waals surface area contributed by atoms with Gasteiger partial charge in [0.05, 0.1) is 26.4 Å². The Hall–Kier alpha value is -1.99. The van der Waals surface area contributed by atoms with Gasteiger partial charge in [-0.15, -0.1) is 0 Å². The number of morpholine rings is 1. The third kappa shape index (κ3) is 4.16. The maximum atomic E-state index is 12.6. The minimum atomic E-state index is -0.132. The Morgan fingerprint density at radius 3 is 2.52 bits per heavy atom. The van der Waals surface area contributed by atoms with E-state index in [0.29, 0.717) is 50.2 Å². The lowest BCUT2D eigenvalue weighted by Crippen LogP contribution is -2.50. The highest BCUT2D eigenvalue weighted by Crippen LogP contribution is 2.36. The topological polar surface area (TPSA) is 69.3 Å². The fourth-order valence-electron chi connectivity index (χ4n) is 3.24. The van der Waals surface area contributed by atoms with Gasteiger partial charge in [0.15, 0.2) is 11.5 Å². The van der Waals surface area contributed by atoms with E-state index < -0.39 is 0 Å². The summed E-state index contributed by atoms with van der Waals surface area (Å²) in [4.78, 5) is 14.8. The molecule has 25 heavy (non-hydrogen) atoms. The molecule has 0 unspecified atom stereocenters. The minimum Gasteiger partial charge on any atom is -0.496 e. The second-order valence-electron chi connectivity index (χ2n) is 6.10. The number of hydrogen-bond acceptors (Lipinski definition) is 6. The van der Waals surface area contributed by atoms with Crippen LogP contribution in [0.25, 0.3) is 0 Å². The van der Waals surface area contributed by atoms with Crippen LogP contribution in [0.5, 0.6) is 17.2 Å². The van der Waals surface area contributed by atoms with Crippen molar-refractivity contribution >= 4 is 5.91 Å². The maximum absolute atomic E-state index is 12.6. The van der Waals surface area contributed by atoms with Crippen molar-refractivity contribution in [2.75, 3.05) is 46.6 Å². The number of carbonyl (C=O) groups is 1. The molecule has 0 spiro atoms. The molecule has 0 bridgehead atoms. The first-order valence-corrected chi connectivity index (χ1v) is 8.79. The van der Waals surface area contributed by atoms with Crippen LogP contribution in [0.15, 0.2) is 12.1 Å². The summed E-state index contributed by atoms with van der Waals surface area (Å²) in [5, 5.41) is 3.03. The fraction of sp³-hybridized carbons (Fsp3) is 0.611. The average molecular weight is 350 g/mol. The van der Waals surface area contributed by atoms with Crippen LogP contribution in [-0.4, -0.2) is 63.5 Å². The van der Waals surface area contributed by atoms with Crippen molar-refractivity contribution in [2.24, 2.45) is 0 Å². The van der Waals surface area contributed by atoms with Crippen molar-refractivity contribution in [3.05, 3.63) is 17.7 Å². The van der Waals surface area contributed by atoms with Crippen molar-refractivity contribution in [2.45, 2.75) is 25.9 Å². The van der Waals surface area contributed by atoms with E-state index in [2.05, 4.69) is 10.2 Å². The molecule has 1 atom stereocenters. The molecule has 2 heterocycles. The number of methoxy groups -OCH3 is 1. The molecule has 1 amide bonds. The average Bonchev–Trinajstić information content (AvgIpc) is 2.67. The lowest BCUT2D eigenvalue weighted by molar-refractivity contribution is -0.128. The standard InChI is InChI=1S/C18H26N2O5/c1-3-14(20-4-6-23-7-5-20)18(21)19-12-13-10-16-17(11-15(13)22-2)25-9-8-24-16/h10-11,14H,3-9,12H2,1-2H3,(H,19,21)/t14-/m1/s1. The summed E-state index contributed by atoms with van der Waals surface area (Å²) in [5.74, 6) is 2.08. The van der Waals surface area contributed by atoms with Gasteiger partial charge in [-0.2, -0.15) is 0 Å². The third-order valence-corrected chi connectivity index (χ3v) is 4.57. The Labute approximate surface area is 148 Å². The molecule has 1 N–H and O–H groups in total. The normalized spacial score (nSPS) is 18.5. The van der Waals surface area contributed by atoms with Crippen LogP contribution in [0.1, 0.15) is 18.9 Å². The fourth-order valence-corrected chi connectivity index (χ4v) is 3.24. The molecule has 1 aromatic rings. The van der Waals surface area contributed by atoms with Crippen LogP contribution in [0.2, 0.25) is 0 Å². The van der Waals surface area contributed by atoms with E-state index in [1.807, 2.05) is 19.1 Å². The predicted octanol–water partition coefficient (Wildman–Crippen LogP) is 1.19. The van der Waals surface area contributed by atoms with E-state index in [4.69, 9.17) is 18.9 Å². The third-order valence-electron chi connectivity index (χ3n) is 4.57. The molecule has 2 aliphatic rings. The molecule has 0 saturated carbocycles. The number of fused-ring (bicyclic) bond motifs is 1. The van der Waals surface area contributed by atoms with Crippen LogP contribution >= 0.6 is 0 Å². The monoisotopic (exact) mass is 350 g/mol. The Bertz CT molecular complexity index is 601. The van der Waals surface area contributed by atoms with Crippen LogP contribution in [-0.2, 0) is 16.1 Å². The highest BCUT2D eigenvalue weighted by atomic mass is 16.6. The Morgan fingerprint density at radius 2 is 1.88 bits per heavy atom. The summed E-state index contributed by atoms with van der Waals surface area (Å²) in [6.07, 6.45) is 0.768. The van der Waals surface area contributed by atoms with Gasteiger partial charge in [-0.05, 0) is 12.5 Å². The molecule has 138 valence electrons. The maximum Gasteiger partial charge on any atom is 0.237 e. The number of amides is 1. The molecular formula is C18H26N2O5. The number of hydrogen-bond donors (Lipinski definition) is 1. The lowest BCUT2D eigenvalue weighted by atomic mass is 10.1. The van der Waals surface area contributed by atoms with E-state index in [-0.39, 0.29) is 11.9 Å². The second-order valence-corrected chi connectivity index (χ2v) is 6.10. The van der Waals surface area contributed by atoms with E-state index in [1.54, 1.807) is 7.11 Å². The molecule has 1 saturated heterocycles. The SMILES string of the molecule is CC[C@H](C(=O)NCc1cc2c(cc1OC)OCCO2)N1CCOCC1. The number of nitrogens with one attached hydrogen (secondary N) is 1. The molecule has 3 rings (SSSR count). The second kappa shape index (κ2) is 8.40. The van der Waals surface area contributed by atoms with Crippen molar-refractivity contribution in [3.63, 3.8) is 0 Å². The number of ether oxygens (including phenoxy) is 4. The molecule has 1 aromatic carbocycles. The first-order valence-electron chi connectivity index (χ1n) is 8.79. The zero-order valence-corrected chi connectivity index (χ0v) is 14.9. The van der Waals surface area contributed by atoms with Gasteiger partial charge in [0.1, 0.15) is 19.0 Å². The molecule has 2 aliphatic heterocycles. The van der Waals surface area contributed by atoms with Gasteiger partial charge in [0.2, 0.25) is 5.91 Å². The number of carbonyl (C=O) groups excluding carboxylic acids is 1. The van der Waals surface area contributed by atoms with E-state index in [0.717, 1.165) is 25.1 Å². The quantitative estimate of drug-likeness (QED) is 0.831. The molecule has 0 radical (unpaired) electrons. The number of nitrogens with zero attached hydrogens (tertiary/aromatic N) is 1. The van der Waals surface area contributed by atoms with Gasteiger partial charge in [-0.1, -0.05) is 6.92 Å². The van der Waals surface area contributed by atoms with Crippen LogP contribution < -0.4 is 19.5 Å². The number of benzene rings is 1. The summed E-state index contributed by atoms with van der Waals surface area (Å²) in [5.41, 5.74) is 0.872. The van der Waals surface area contributed by atoms with Crippen molar-refractivity contribution in [3.8, 4) is 17.2 Å². The Balaban J connectivity index is 1.66. The van der Waals surface area contributed by atoms with Crippen LogP contribution in [0, 0.1) is 0 Å². The van der Waals surface area contributed by atoms with Gasteiger partial charge in [-0.3, -0.25) is 9.69 Å². The lowest BCUT2D eigenvalue weighted by Gasteiger charge is -2.33. The molecule has 7 nitrogen and oxygen atoms in total. The van der Waals surface area contributed by atoms with Gasteiger partial charge in [-0.25, -0.2) is 0 Å². The Morgan fingerprint density at radius 1 is 1.20 bits per heavy atom. The van der Waals surface area contributed by atoms with Gasteiger partial charge in [0, 0.05) is 31.3 Å². The summed E-state index contributed by atoms with van der Waals surface area (Å²) in [6.45, 7) is 6.42. The van der Waals surface area contributed by atoms with E-state index in [1.165, 1.54) is 0 Å². The molecule has 7 heteroatoms. The predicted molar refractivity (Wildman–Crippen MR) is 92.3 cm³/mol. The van der Waals surface area contributed by atoms with Gasteiger partial charge in [0.25, 0.3) is 0 Å². The highest BCUT2D eigenvalue weighted by molar-refractivity contribution is 5.81. The summed E-state index contributed by atoms with van der Waals surface area (Å²) in [6, 6.07) is 3.56. The largest absolute Gasteiger partial charge is 0.496 e. The minimum absolute atomic E-state index is 0.0290. The molecular weight excluding hydrogens is 324 g/mol. The molecule has 0 aliphatic carbocycles. The van der Waals surface area contributed by atoms with Gasteiger partial charge < -0.3 is 24.3 Å². The summed E-state index contributed by atoms with van der Waals surface area (Å²) in [7, 11) is 1.61. The Kier molecular flexibility index (Phi) is 5.99. The smallest absolute Gasteiger partial charge is 0.237 e. The van der Waals surface area contributed by atoms with Crippen molar-refractivity contribution < 1.29 is 23.7 Å². The zero-order valence-electron chi connectivity index (χ0n) is 14.9. The van der Waals surface area contributed by atoms with E-state index in [9.17, 15) is 4.79 Å². The van der Waals surface area contributed by atoms with Gasteiger partial charge >= 0.3 is 0 Å². The number of rotatable bonds is 6.